The summed E-state index contributed by atoms with van der Waals surface area (Å²) in [4.78, 5) is 89.1. The van der Waals surface area contributed by atoms with Crippen LogP contribution in [0.4, 0.5) is 11.4 Å². The highest BCUT2D eigenvalue weighted by Gasteiger charge is 2.46. The number of rotatable bonds is 21. The molecule has 7 N–H and O–H groups in total. The Hall–Kier alpha value is -6.69. The van der Waals surface area contributed by atoms with Crippen molar-refractivity contribution in [3.63, 3.8) is 0 Å². The molecule has 0 saturated heterocycles. The fourth-order valence-corrected chi connectivity index (χ4v) is 6.49. The Morgan fingerprint density at radius 2 is 1.26 bits per heavy atom. The summed E-state index contributed by atoms with van der Waals surface area (Å²) in [5, 5.41) is 37.7. The average molecular weight is 805 g/mol. The van der Waals surface area contributed by atoms with E-state index in [4.69, 9.17) is 14.6 Å². The number of unbranched alkanes of at least 4 members (excludes halogenated alkanes) is 1. The number of amides is 3. The normalized spacial score (nSPS) is 13.8. The van der Waals surface area contributed by atoms with Gasteiger partial charge < -0.3 is 55.9 Å². The van der Waals surface area contributed by atoms with E-state index >= 15 is 0 Å². The highest BCUT2D eigenvalue weighted by atomic mass is 16.5. The molecule has 1 aliphatic heterocycles. The number of fused-ring (bicyclic) bond motifs is 2. The Morgan fingerprint density at radius 1 is 0.741 bits per heavy atom. The summed E-state index contributed by atoms with van der Waals surface area (Å²) in [5.74, 6) is -5.63. The Balaban J connectivity index is 1.43. The standard InChI is InChI=1S/C40H48N6O12/c1-41-30(20-34(48)49)37(53)44-31(21-35(50)51)38(54)43-29(39(55)56)8-6-7-17-42-36(52)23-9-11-24(12-10-23)40(57-22-47)27-15-13-25(45(2)3)18-32(27)58-33-19-26(46(4)5)14-16-28(33)40/h9-16,18-19,22,29-31,41H,6-8,17,20-21H2,1-5H3,(H,42,52)(H,43,54)(H,44,53)(H,48,49)(H,50,51)(H,55,56)/t29?,30-,31-/m0/s1. The van der Waals surface area contributed by atoms with E-state index in [1.165, 1.54) is 7.05 Å². The number of carboxylic acid groups (broad SMARTS) is 3. The second kappa shape index (κ2) is 19.4. The third-order valence-corrected chi connectivity index (χ3v) is 9.60. The van der Waals surface area contributed by atoms with Gasteiger partial charge >= 0.3 is 17.9 Å². The zero-order chi connectivity index (χ0) is 42.7. The lowest BCUT2D eigenvalue weighted by molar-refractivity contribution is -0.144. The molecule has 1 aliphatic rings. The van der Waals surface area contributed by atoms with Gasteiger partial charge in [0, 0.05) is 80.5 Å². The molecule has 1 heterocycles. The van der Waals surface area contributed by atoms with E-state index in [1.54, 1.807) is 24.3 Å². The molecule has 3 amide bonds. The van der Waals surface area contributed by atoms with Crippen LogP contribution in [0.5, 0.6) is 11.5 Å². The van der Waals surface area contributed by atoms with Crippen molar-refractivity contribution in [1.29, 1.82) is 0 Å². The van der Waals surface area contributed by atoms with Crippen molar-refractivity contribution in [2.75, 3.05) is 51.6 Å². The summed E-state index contributed by atoms with van der Waals surface area (Å²) in [6.45, 7) is 0.530. The number of nitrogens with zero attached hydrogens (tertiary/aromatic N) is 2. The maximum atomic E-state index is 13.2. The van der Waals surface area contributed by atoms with Gasteiger partial charge in [-0.05, 0) is 62.7 Å². The van der Waals surface area contributed by atoms with Crippen LogP contribution in [-0.4, -0.2) is 117 Å². The minimum absolute atomic E-state index is 0.0882. The topological polar surface area (TPSA) is 253 Å². The van der Waals surface area contributed by atoms with E-state index < -0.39 is 72.2 Å². The highest BCUT2D eigenvalue weighted by Crippen LogP contribution is 2.53. The van der Waals surface area contributed by atoms with Crippen molar-refractivity contribution in [3.05, 3.63) is 82.9 Å². The molecule has 0 fully saturated rings. The van der Waals surface area contributed by atoms with Gasteiger partial charge in [-0.1, -0.05) is 12.1 Å². The molecule has 58 heavy (non-hydrogen) atoms. The SMILES string of the molecule is CN[C@@H](CC(=O)O)C(=O)N[C@@H](CC(=O)O)C(=O)NC(CCCCNC(=O)c1ccc(C2(OC=O)c3ccc(N(C)C)cc3Oc3cc(N(C)C)ccc32)cc1)C(=O)O. The van der Waals surface area contributed by atoms with Gasteiger partial charge in [-0.2, -0.15) is 0 Å². The van der Waals surface area contributed by atoms with Gasteiger partial charge in [0.2, 0.25) is 11.8 Å². The van der Waals surface area contributed by atoms with Crippen molar-refractivity contribution >= 4 is 53.5 Å². The maximum Gasteiger partial charge on any atom is 0.326 e. The number of likely N-dealkylation sites (N-methyl/N-ethyl adjacent to an activating group) is 1. The predicted octanol–water partition coefficient (Wildman–Crippen LogP) is 1.88. The van der Waals surface area contributed by atoms with Crippen LogP contribution in [0, 0.1) is 0 Å². The third kappa shape index (κ3) is 10.4. The van der Waals surface area contributed by atoms with Gasteiger partial charge in [0.25, 0.3) is 12.4 Å². The number of anilines is 2. The molecule has 0 spiro atoms. The number of carboxylic acids is 3. The molecule has 1 unspecified atom stereocenters. The van der Waals surface area contributed by atoms with Crippen LogP contribution in [0.2, 0.25) is 0 Å². The van der Waals surface area contributed by atoms with Gasteiger partial charge in [0.1, 0.15) is 23.6 Å². The monoisotopic (exact) mass is 804 g/mol. The van der Waals surface area contributed by atoms with Crippen LogP contribution in [0.15, 0.2) is 60.7 Å². The van der Waals surface area contributed by atoms with Gasteiger partial charge in [-0.3, -0.25) is 28.8 Å². The van der Waals surface area contributed by atoms with Crippen LogP contribution in [0.3, 0.4) is 0 Å². The number of hydrogen-bond donors (Lipinski definition) is 7. The van der Waals surface area contributed by atoms with Crippen molar-refractivity contribution in [2.45, 2.75) is 55.8 Å². The number of carbonyl (C=O) groups is 7. The Bertz CT molecular complexity index is 1960. The molecule has 0 aliphatic carbocycles. The maximum absolute atomic E-state index is 13.2. The molecule has 0 bridgehead atoms. The Labute approximate surface area is 334 Å². The molecule has 4 rings (SSSR count). The van der Waals surface area contributed by atoms with Crippen molar-refractivity contribution < 1.29 is 58.4 Å². The molecule has 18 heteroatoms. The van der Waals surface area contributed by atoms with Gasteiger partial charge in [0.05, 0.1) is 18.9 Å². The van der Waals surface area contributed by atoms with Crippen LogP contribution in [0.25, 0.3) is 0 Å². The van der Waals surface area contributed by atoms with Gasteiger partial charge in [-0.15, -0.1) is 0 Å². The van der Waals surface area contributed by atoms with Gasteiger partial charge in [0.15, 0.2) is 5.60 Å². The first-order valence-electron chi connectivity index (χ1n) is 18.3. The highest BCUT2D eigenvalue weighted by molar-refractivity contribution is 5.95. The van der Waals surface area contributed by atoms with E-state index in [0.29, 0.717) is 46.6 Å². The molecule has 3 aromatic carbocycles. The first kappa shape index (κ1) is 44.0. The van der Waals surface area contributed by atoms with Crippen LogP contribution >= 0.6 is 0 Å². The van der Waals surface area contributed by atoms with Crippen LogP contribution < -0.4 is 35.8 Å². The van der Waals surface area contributed by atoms with E-state index in [-0.39, 0.29) is 19.4 Å². The lowest BCUT2D eigenvalue weighted by atomic mass is 9.77. The van der Waals surface area contributed by atoms with Crippen LogP contribution in [-0.2, 0) is 39.1 Å². The van der Waals surface area contributed by atoms with E-state index in [0.717, 1.165) is 11.4 Å². The van der Waals surface area contributed by atoms with E-state index in [2.05, 4.69) is 21.3 Å². The summed E-state index contributed by atoms with van der Waals surface area (Å²) in [5.41, 5.74) is 2.35. The largest absolute Gasteiger partial charge is 0.481 e. The molecule has 0 radical (unpaired) electrons. The third-order valence-electron chi connectivity index (χ3n) is 9.60. The zero-order valence-corrected chi connectivity index (χ0v) is 32.7. The van der Waals surface area contributed by atoms with Crippen LogP contribution in [0.1, 0.15) is 59.2 Å². The molecule has 310 valence electrons. The number of nitrogens with one attached hydrogen (secondary N) is 4. The molecular weight excluding hydrogens is 756 g/mol. The quantitative estimate of drug-likeness (QED) is 0.0600. The number of ether oxygens (including phenoxy) is 2. The molecule has 0 saturated carbocycles. The first-order chi connectivity index (χ1) is 27.5. The van der Waals surface area contributed by atoms with Crippen molar-refractivity contribution in [2.24, 2.45) is 0 Å². The number of hydrogen-bond acceptors (Lipinski definition) is 12. The van der Waals surface area contributed by atoms with Gasteiger partial charge in [-0.25, -0.2) is 4.79 Å². The summed E-state index contributed by atoms with van der Waals surface area (Å²) in [6.07, 6.45) is -1.07. The first-order valence-corrected chi connectivity index (χ1v) is 18.3. The van der Waals surface area contributed by atoms with E-state index in [1.807, 2.05) is 74.4 Å². The molecule has 3 aromatic rings. The fourth-order valence-electron chi connectivity index (χ4n) is 6.49. The lowest BCUT2D eigenvalue weighted by Crippen LogP contribution is -2.55. The Morgan fingerprint density at radius 3 is 1.74 bits per heavy atom. The zero-order valence-electron chi connectivity index (χ0n) is 32.7. The average Bonchev–Trinajstić information content (AvgIpc) is 3.17. The molecule has 18 nitrogen and oxygen atoms in total. The summed E-state index contributed by atoms with van der Waals surface area (Å²) in [6, 6.07) is 13.4. The number of benzene rings is 3. The predicted molar refractivity (Wildman–Crippen MR) is 210 cm³/mol. The second-order valence-corrected chi connectivity index (χ2v) is 14.0. The summed E-state index contributed by atoms with van der Waals surface area (Å²) < 4.78 is 12.4. The smallest absolute Gasteiger partial charge is 0.326 e. The van der Waals surface area contributed by atoms with E-state index in [9.17, 15) is 43.8 Å². The second-order valence-electron chi connectivity index (χ2n) is 14.0. The molecular formula is C40H48N6O12. The Kier molecular flexibility index (Phi) is 14.8. The number of carbonyl (C=O) groups excluding carboxylic acids is 4. The molecule has 0 aromatic heterocycles. The van der Waals surface area contributed by atoms with Crippen molar-refractivity contribution in [3.8, 4) is 11.5 Å². The number of aliphatic carboxylic acids is 3. The molecule has 3 atom stereocenters. The minimum atomic E-state index is -1.68. The fraction of sp³-hybridized carbons (Fsp3) is 0.375. The lowest BCUT2D eigenvalue weighted by Gasteiger charge is -2.39. The van der Waals surface area contributed by atoms with Crippen molar-refractivity contribution in [1.82, 2.24) is 21.3 Å². The summed E-state index contributed by atoms with van der Waals surface area (Å²) >= 11 is 0. The summed E-state index contributed by atoms with van der Waals surface area (Å²) in [7, 11) is 8.91. The minimum Gasteiger partial charge on any atom is -0.481 e.